The molecule has 0 fully saturated rings. The molecule has 0 N–H and O–H groups in total. The zero-order valence-corrected chi connectivity index (χ0v) is 8.08. The predicted octanol–water partition coefficient (Wildman–Crippen LogP) is 2.91. The normalized spacial score (nSPS) is 8.69. The molecule has 0 spiro atoms. The highest BCUT2D eigenvalue weighted by molar-refractivity contribution is 9.09. The molecule has 1 aromatic carbocycles. The van der Waals surface area contributed by atoms with Crippen molar-refractivity contribution in [2.45, 2.75) is 7.43 Å². The summed E-state index contributed by atoms with van der Waals surface area (Å²) in [5, 5.41) is 0.808. The Morgan fingerprint density at radius 3 is 2.38 bits per heavy atom. The number of hydrogen-bond acceptors (Lipinski definition) is 2. The summed E-state index contributed by atoms with van der Waals surface area (Å²) in [6.07, 6.45) is 0.814. The van der Waals surface area contributed by atoms with Crippen molar-refractivity contribution in [1.29, 1.82) is 0 Å². The molecule has 0 aliphatic carbocycles. The Bertz CT molecular complexity index is 244. The van der Waals surface area contributed by atoms with Crippen molar-refractivity contribution in [2.24, 2.45) is 0 Å². The SMILES string of the molecule is C.O=Cc1ccc(OCCBr)cc1. The quantitative estimate of drug-likeness (QED) is 0.602. The number of aldehydes is 1. The zero-order chi connectivity index (χ0) is 8.81. The molecule has 3 heteroatoms. The van der Waals surface area contributed by atoms with Crippen LogP contribution in [0.3, 0.4) is 0 Å². The second-order valence-corrected chi connectivity index (χ2v) is 3.02. The maximum atomic E-state index is 10.3. The molecular formula is C10H13BrO2. The predicted molar refractivity (Wildman–Crippen MR) is 57.8 cm³/mol. The van der Waals surface area contributed by atoms with Crippen molar-refractivity contribution < 1.29 is 9.53 Å². The van der Waals surface area contributed by atoms with Gasteiger partial charge in [-0.3, -0.25) is 4.79 Å². The van der Waals surface area contributed by atoms with Crippen molar-refractivity contribution in [3.8, 4) is 5.75 Å². The minimum atomic E-state index is 0. The van der Waals surface area contributed by atoms with Gasteiger partial charge in [-0.2, -0.15) is 0 Å². The van der Waals surface area contributed by atoms with Gasteiger partial charge in [0.1, 0.15) is 12.0 Å². The molecule has 1 rings (SSSR count). The molecule has 0 saturated carbocycles. The molecule has 0 saturated heterocycles. The molecule has 0 aliphatic heterocycles. The Kier molecular flexibility index (Phi) is 6.24. The van der Waals surface area contributed by atoms with Crippen molar-refractivity contribution in [1.82, 2.24) is 0 Å². The van der Waals surface area contributed by atoms with E-state index in [4.69, 9.17) is 4.74 Å². The van der Waals surface area contributed by atoms with Gasteiger partial charge in [-0.25, -0.2) is 0 Å². The molecule has 0 amide bonds. The molecule has 1 aromatic rings. The summed E-state index contributed by atoms with van der Waals surface area (Å²) in [6.45, 7) is 0.639. The number of rotatable bonds is 4. The fraction of sp³-hybridized carbons (Fsp3) is 0.300. The highest BCUT2D eigenvalue weighted by Crippen LogP contribution is 2.10. The van der Waals surface area contributed by atoms with E-state index in [1.807, 2.05) is 0 Å². The highest BCUT2D eigenvalue weighted by Gasteiger charge is 1.92. The smallest absolute Gasteiger partial charge is 0.150 e. The third-order valence-corrected chi connectivity index (χ3v) is 1.69. The Morgan fingerprint density at radius 2 is 1.92 bits per heavy atom. The van der Waals surface area contributed by atoms with Crippen LogP contribution in [0.2, 0.25) is 0 Å². The topological polar surface area (TPSA) is 26.3 Å². The lowest BCUT2D eigenvalue weighted by Gasteiger charge is -2.02. The molecule has 0 radical (unpaired) electrons. The third-order valence-electron chi connectivity index (χ3n) is 1.36. The molecule has 2 nitrogen and oxygen atoms in total. The molecule has 13 heavy (non-hydrogen) atoms. The minimum Gasteiger partial charge on any atom is -0.493 e. The largest absolute Gasteiger partial charge is 0.493 e. The molecule has 0 aromatic heterocycles. The first-order valence-corrected chi connectivity index (χ1v) is 4.73. The van der Waals surface area contributed by atoms with Crippen LogP contribution in [0.4, 0.5) is 0 Å². The minimum absolute atomic E-state index is 0. The van der Waals surface area contributed by atoms with Crippen molar-refractivity contribution in [3.63, 3.8) is 0 Å². The Hall–Kier alpha value is -0.830. The Labute approximate surface area is 87.0 Å². The second kappa shape index (κ2) is 6.66. The molecule has 0 heterocycles. The average Bonchev–Trinajstić information content (AvgIpc) is 2.15. The fourth-order valence-electron chi connectivity index (χ4n) is 0.799. The number of halogens is 1. The number of ether oxygens (including phenoxy) is 1. The number of alkyl halides is 1. The van der Waals surface area contributed by atoms with Gasteiger partial charge < -0.3 is 4.74 Å². The van der Waals surface area contributed by atoms with E-state index in [0.717, 1.165) is 17.4 Å². The van der Waals surface area contributed by atoms with Crippen LogP contribution >= 0.6 is 15.9 Å². The van der Waals surface area contributed by atoms with E-state index in [-0.39, 0.29) is 7.43 Å². The van der Waals surface area contributed by atoms with Crippen molar-refractivity contribution in [3.05, 3.63) is 29.8 Å². The average molecular weight is 245 g/mol. The van der Waals surface area contributed by atoms with Crippen LogP contribution in [0, 0.1) is 0 Å². The van der Waals surface area contributed by atoms with Crippen LogP contribution in [0.15, 0.2) is 24.3 Å². The molecule has 0 aliphatic rings. The fourth-order valence-corrected chi connectivity index (χ4v) is 0.961. The monoisotopic (exact) mass is 244 g/mol. The van der Waals surface area contributed by atoms with Gasteiger partial charge in [0.15, 0.2) is 0 Å². The van der Waals surface area contributed by atoms with E-state index in [1.54, 1.807) is 24.3 Å². The Balaban J connectivity index is 0.00000144. The molecular weight excluding hydrogens is 232 g/mol. The lowest BCUT2D eigenvalue weighted by molar-refractivity contribution is 0.112. The first-order chi connectivity index (χ1) is 5.86. The summed E-state index contributed by atoms with van der Waals surface area (Å²) in [6, 6.07) is 7.03. The molecule has 72 valence electrons. The summed E-state index contributed by atoms with van der Waals surface area (Å²) in [5.41, 5.74) is 0.668. The number of hydrogen-bond donors (Lipinski definition) is 0. The lowest BCUT2D eigenvalue weighted by Crippen LogP contribution is -1.97. The summed E-state index contributed by atoms with van der Waals surface area (Å²) >= 11 is 3.25. The standard InChI is InChI=1S/C9H9BrO2.CH4/c10-5-6-12-9-3-1-8(7-11)2-4-9;/h1-4,7H,5-6H2;1H4. The summed E-state index contributed by atoms with van der Waals surface area (Å²) in [5.74, 6) is 0.792. The third kappa shape index (κ3) is 4.08. The number of carbonyl (C=O) groups excluding carboxylic acids is 1. The van der Waals surface area contributed by atoms with E-state index >= 15 is 0 Å². The van der Waals surface area contributed by atoms with E-state index in [0.29, 0.717) is 12.2 Å². The zero-order valence-electron chi connectivity index (χ0n) is 6.50. The second-order valence-electron chi connectivity index (χ2n) is 2.22. The van der Waals surface area contributed by atoms with Gasteiger partial charge >= 0.3 is 0 Å². The first kappa shape index (κ1) is 12.2. The van der Waals surface area contributed by atoms with Crippen LogP contribution in [0.5, 0.6) is 5.75 Å². The van der Waals surface area contributed by atoms with Crippen LogP contribution in [-0.4, -0.2) is 18.2 Å². The first-order valence-electron chi connectivity index (χ1n) is 3.61. The van der Waals surface area contributed by atoms with E-state index < -0.39 is 0 Å². The van der Waals surface area contributed by atoms with E-state index in [9.17, 15) is 4.79 Å². The van der Waals surface area contributed by atoms with Crippen molar-refractivity contribution >= 4 is 22.2 Å². The van der Waals surface area contributed by atoms with Crippen LogP contribution in [0.1, 0.15) is 17.8 Å². The maximum absolute atomic E-state index is 10.3. The highest BCUT2D eigenvalue weighted by atomic mass is 79.9. The number of carbonyl (C=O) groups is 1. The van der Waals surface area contributed by atoms with Gasteiger partial charge in [0.25, 0.3) is 0 Å². The number of benzene rings is 1. The van der Waals surface area contributed by atoms with Gasteiger partial charge in [-0.05, 0) is 24.3 Å². The Morgan fingerprint density at radius 1 is 1.31 bits per heavy atom. The van der Waals surface area contributed by atoms with Gasteiger partial charge in [0.2, 0.25) is 0 Å². The van der Waals surface area contributed by atoms with Crippen LogP contribution < -0.4 is 4.74 Å². The maximum Gasteiger partial charge on any atom is 0.150 e. The van der Waals surface area contributed by atoms with Gasteiger partial charge in [-0.1, -0.05) is 23.4 Å². The molecule has 0 atom stereocenters. The van der Waals surface area contributed by atoms with Crippen LogP contribution in [0.25, 0.3) is 0 Å². The summed E-state index contributed by atoms with van der Waals surface area (Å²) < 4.78 is 5.29. The molecule has 0 unspecified atom stereocenters. The lowest BCUT2D eigenvalue weighted by atomic mass is 10.2. The summed E-state index contributed by atoms with van der Waals surface area (Å²) in [7, 11) is 0. The van der Waals surface area contributed by atoms with E-state index in [2.05, 4.69) is 15.9 Å². The van der Waals surface area contributed by atoms with E-state index in [1.165, 1.54) is 0 Å². The van der Waals surface area contributed by atoms with Gasteiger partial charge in [0.05, 0.1) is 6.61 Å². The van der Waals surface area contributed by atoms with Crippen LogP contribution in [-0.2, 0) is 0 Å². The van der Waals surface area contributed by atoms with Crippen molar-refractivity contribution in [2.75, 3.05) is 11.9 Å². The summed E-state index contributed by atoms with van der Waals surface area (Å²) in [4.78, 5) is 10.3. The van der Waals surface area contributed by atoms with Gasteiger partial charge in [0, 0.05) is 10.9 Å². The molecule has 0 bridgehead atoms. The van der Waals surface area contributed by atoms with Gasteiger partial charge in [-0.15, -0.1) is 0 Å².